The molecule has 1 aromatic rings. The first-order chi connectivity index (χ1) is 9.51. The molecule has 0 bridgehead atoms. The average molecular weight is 295 g/mol. The van der Waals surface area contributed by atoms with E-state index >= 15 is 0 Å². The molecule has 0 heterocycles. The van der Waals surface area contributed by atoms with Crippen molar-refractivity contribution in [2.75, 3.05) is 5.75 Å². The van der Waals surface area contributed by atoms with E-state index in [1.165, 1.54) is 0 Å². The van der Waals surface area contributed by atoms with Crippen LogP contribution < -0.4 is 0 Å². The van der Waals surface area contributed by atoms with Crippen LogP contribution in [0.2, 0.25) is 0 Å². The Morgan fingerprint density at radius 1 is 1.35 bits per heavy atom. The quantitative estimate of drug-likeness (QED) is 0.717. The van der Waals surface area contributed by atoms with Gasteiger partial charge in [-0.25, -0.2) is 8.42 Å². The van der Waals surface area contributed by atoms with Gasteiger partial charge >= 0.3 is 5.97 Å². The molecule has 0 aromatic heterocycles. The van der Waals surface area contributed by atoms with E-state index in [1.54, 1.807) is 25.1 Å². The molecule has 0 aliphatic carbocycles. The summed E-state index contributed by atoms with van der Waals surface area (Å²) in [6.07, 6.45) is 0.0200. The number of nitriles is 1. The summed E-state index contributed by atoms with van der Waals surface area (Å²) in [5.41, 5.74) is 0.796. The lowest BCUT2D eigenvalue weighted by atomic mass is 10.2. The SMILES string of the molecule is CCC(C(=O)OCc1ccccc1)S(=O)(=O)CCC#N. The van der Waals surface area contributed by atoms with Crippen molar-refractivity contribution in [3.05, 3.63) is 35.9 Å². The number of nitrogens with zero attached hydrogens (tertiary/aromatic N) is 1. The highest BCUT2D eigenvalue weighted by Gasteiger charge is 2.31. The molecule has 5 nitrogen and oxygen atoms in total. The minimum Gasteiger partial charge on any atom is -0.460 e. The molecule has 20 heavy (non-hydrogen) atoms. The summed E-state index contributed by atoms with van der Waals surface area (Å²) < 4.78 is 28.9. The molecule has 0 aliphatic heterocycles. The Balaban J connectivity index is 2.66. The van der Waals surface area contributed by atoms with Crippen LogP contribution in [-0.4, -0.2) is 25.4 Å². The van der Waals surface area contributed by atoms with Crippen LogP contribution in [0, 0.1) is 11.3 Å². The normalized spacial score (nSPS) is 12.4. The predicted octanol–water partition coefficient (Wildman–Crippen LogP) is 1.84. The van der Waals surface area contributed by atoms with Gasteiger partial charge in [0.25, 0.3) is 0 Å². The zero-order chi connectivity index (χ0) is 15.0. The summed E-state index contributed by atoms with van der Waals surface area (Å²) in [5, 5.41) is 7.25. The van der Waals surface area contributed by atoms with Gasteiger partial charge in [-0.15, -0.1) is 0 Å². The fourth-order valence-electron chi connectivity index (χ4n) is 1.72. The van der Waals surface area contributed by atoms with E-state index in [1.807, 2.05) is 18.2 Å². The minimum atomic E-state index is -3.64. The lowest BCUT2D eigenvalue weighted by Gasteiger charge is -2.14. The Kier molecular flexibility index (Phi) is 6.19. The molecule has 0 aliphatic rings. The number of hydrogen-bond donors (Lipinski definition) is 0. The van der Waals surface area contributed by atoms with Crippen LogP contribution in [0.1, 0.15) is 25.3 Å². The van der Waals surface area contributed by atoms with Gasteiger partial charge in [0.1, 0.15) is 6.61 Å². The standard InChI is InChI=1S/C14H17NO4S/c1-2-13(20(17,18)10-6-9-15)14(16)19-11-12-7-4-3-5-8-12/h3-5,7-8,13H,2,6,10-11H2,1H3. The number of rotatable bonds is 7. The fraction of sp³-hybridized carbons (Fsp3) is 0.429. The van der Waals surface area contributed by atoms with Gasteiger partial charge in [-0.2, -0.15) is 5.26 Å². The Morgan fingerprint density at radius 3 is 2.55 bits per heavy atom. The monoisotopic (exact) mass is 295 g/mol. The second kappa shape index (κ2) is 7.65. The summed E-state index contributed by atoms with van der Waals surface area (Å²) in [4.78, 5) is 11.9. The van der Waals surface area contributed by atoms with Gasteiger partial charge in [-0.3, -0.25) is 4.79 Å². The van der Waals surface area contributed by atoms with Crippen molar-refractivity contribution in [2.45, 2.75) is 31.6 Å². The van der Waals surface area contributed by atoms with Crippen LogP contribution >= 0.6 is 0 Å². The fourth-order valence-corrected chi connectivity index (χ4v) is 3.25. The highest BCUT2D eigenvalue weighted by Crippen LogP contribution is 2.12. The van der Waals surface area contributed by atoms with E-state index in [-0.39, 0.29) is 25.2 Å². The second-order valence-corrected chi connectivity index (χ2v) is 6.57. The first-order valence-corrected chi connectivity index (χ1v) is 8.02. The number of carbonyl (C=O) groups excluding carboxylic acids is 1. The maximum absolute atomic E-state index is 11.9. The molecule has 0 saturated carbocycles. The van der Waals surface area contributed by atoms with Crippen molar-refractivity contribution in [3.63, 3.8) is 0 Å². The topological polar surface area (TPSA) is 84.2 Å². The molecule has 1 atom stereocenters. The van der Waals surface area contributed by atoms with Crippen molar-refractivity contribution in [2.24, 2.45) is 0 Å². The molecular weight excluding hydrogens is 278 g/mol. The molecular formula is C14H17NO4S. The van der Waals surface area contributed by atoms with Crippen LogP contribution in [0.25, 0.3) is 0 Å². The first kappa shape index (κ1) is 16.2. The largest absolute Gasteiger partial charge is 0.460 e. The molecule has 0 fully saturated rings. The van der Waals surface area contributed by atoms with Crippen molar-refractivity contribution in [1.29, 1.82) is 5.26 Å². The van der Waals surface area contributed by atoms with E-state index in [4.69, 9.17) is 10.00 Å². The van der Waals surface area contributed by atoms with Crippen molar-refractivity contribution in [1.82, 2.24) is 0 Å². The van der Waals surface area contributed by atoms with Crippen LogP contribution in [0.5, 0.6) is 0 Å². The molecule has 1 unspecified atom stereocenters. The van der Waals surface area contributed by atoms with Crippen LogP contribution in [0.4, 0.5) is 0 Å². The van der Waals surface area contributed by atoms with E-state index < -0.39 is 21.1 Å². The van der Waals surface area contributed by atoms with Crippen LogP contribution in [0.3, 0.4) is 0 Å². The average Bonchev–Trinajstić information content (AvgIpc) is 2.44. The third-order valence-electron chi connectivity index (χ3n) is 2.79. The molecule has 1 aromatic carbocycles. The molecule has 108 valence electrons. The van der Waals surface area contributed by atoms with Crippen molar-refractivity contribution >= 4 is 15.8 Å². The zero-order valence-electron chi connectivity index (χ0n) is 11.3. The first-order valence-electron chi connectivity index (χ1n) is 6.30. The lowest BCUT2D eigenvalue weighted by molar-refractivity contribution is -0.144. The number of carbonyl (C=O) groups is 1. The Morgan fingerprint density at radius 2 is 2.00 bits per heavy atom. The predicted molar refractivity (Wildman–Crippen MR) is 74.3 cm³/mol. The number of hydrogen-bond acceptors (Lipinski definition) is 5. The molecule has 0 amide bonds. The molecule has 0 radical (unpaired) electrons. The third kappa shape index (κ3) is 4.67. The van der Waals surface area contributed by atoms with Gasteiger partial charge in [0.15, 0.2) is 15.1 Å². The zero-order valence-corrected chi connectivity index (χ0v) is 12.1. The lowest BCUT2D eigenvalue weighted by Crippen LogP contribution is -2.33. The maximum Gasteiger partial charge on any atom is 0.324 e. The molecule has 0 spiro atoms. The molecule has 1 rings (SSSR count). The molecule has 0 saturated heterocycles. The molecule has 6 heteroatoms. The number of benzene rings is 1. The summed E-state index contributed by atoms with van der Waals surface area (Å²) >= 11 is 0. The van der Waals surface area contributed by atoms with Gasteiger partial charge in [0.2, 0.25) is 0 Å². The van der Waals surface area contributed by atoms with E-state index in [2.05, 4.69) is 0 Å². The number of ether oxygens (including phenoxy) is 1. The Labute approximate surface area is 119 Å². The number of sulfone groups is 1. The number of esters is 1. The highest BCUT2D eigenvalue weighted by atomic mass is 32.2. The smallest absolute Gasteiger partial charge is 0.324 e. The van der Waals surface area contributed by atoms with Gasteiger partial charge < -0.3 is 4.74 Å². The Bertz CT molecular complexity index is 575. The van der Waals surface area contributed by atoms with E-state index in [9.17, 15) is 13.2 Å². The van der Waals surface area contributed by atoms with Gasteiger partial charge in [-0.1, -0.05) is 37.3 Å². The van der Waals surface area contributed by atoms with Crippen molar-refractivity contribution in [3.8, 4) is 6.07 Å². The summed E-state index contributed by atoms with van der Waals surface area (Å²) in [7, 11) is -3.64. The molecule has 0 N–H and O–H groups in total. The van der Waals surface area contributed by atoms with Gasteiger partial charge in [-0.05, 0) is 12.0 Å². The minimum absolute atomic E-state index is 0.0456. The van der Waals surface area contributed by atoms with E-state index in [0.29, 0.717) is 0 Å². The van der Waals surface area contributed by atoms with Gasteiger partial charge in [0.05, 0.1) is 11.8 Å². The van der Waals surface area contributed by atoms with Crippen LogP contribution in [0.15, 0.2) is 30.3 Å². The maximum atomic E-state index is 11.9. The summed E-state index contributed by atoms with van der Waals surface area (Å²) in [5.74, 6) is -1.07. The summed E-state index contributed by atoms with van der Waals surface area (Å²) in [6, 6.07) is 10.8. The van der Waals surface area contributed by atoms with Gasteiger partial charge in [0, 0.05) is 6.42 Å². The second-order valence-electron chi connectivity index (χ2n) is 4.27. The van der Waals surface area contributed by atoms with Crippen LogP contribution in [-0.2, 0) is 26.0 Å². The summed E-state index contributed by atoms with van der Waals surface area (Å²) in [6.45, 7) is 1.66. The highest BCUT2D eigenvalue weighted by molar-refractivity contribution is 7.92. The van der Waals surface area contributed by atoms with E-state index in [0.717, 1.165) is 5.56 Å². The third-order valence-corrected chi connectivity index (χ3v) is 4.96. The van der Waals surface area contributed by atoms with Crippen molar-refractivity contribution < 1.29 is 17.9 Å². The Hall–Kier alpha value is -1.87.